The monoisotopic (exact) mass is 325 g/mol. The van der Waals surface area contributed by atoms with E-state index in [-0.39, 0.29) is 0 Å². The number of nitrogens with two attached hydrogens (primary N) is 1. The largest absolute Gasteiger partial charge is 0.366 e. The SMILES string of the molecule is NC(=O)c1ccccc1-c1[nH]c2scnc2c1-c1cccs1. The Labute approximate surface area is 134 Å². The first-order valence-electron chi connectivity index (χ1n) is 6.64. The number of thiophene rings is 1. The van der Waals surface area contributed by atoms with Gasteiger partial charge in [0.05, 0.1) is 11.2 Å². The van der Waals surface area contributed by atoms with Crippen LogP contribution in [0.1, 0.15) is 10.4 Å². The zero-order chi connectivity index (χ0) is 15.1. The summed E-state index contributed by atoms with van der Waals surface area (Å²) in [7, 11) is 0. The third kappa shape index (κ3) is 1.96. The second-order valence-corrected chi connectivity index (χ2v) is 6.59. The Morgan fingerprint density at radius 2 is 2.00 bits per heavy atom. The number of fused-ring (bicyclic) bond motifs is 1. The van der Waals surface area contributed by atoms with Gasteiger partial charge in [0.15, 0.2) is 0 Å². The molecule has 0 aliphatic carbocycles. The number of thiazole rings is 1. The maximum atomic E-state index is 11.7. The molecule has 0 atom stereocenters. The Kier molecular flexibility index (Phi) is 3.06. The lowest BCUT2D eigenvalue weighted by atomic mass is 10.0. The molecule has 4 nitrogen and oxygen atoms in total. The van der Waals surface area contributed by atoms with Crippen LogP contribution in [-0.4, -0.2) is 15.9 Å². The van der Waals surface area contributed by atoms with Crippen LogP contribution >= 0.6 is 22.7 Å². The van der Waals surface area contributed by atoms with Gasteiger partial charge in [0.1, 0.15) is 10.3 Å². The van der Waals surface area contributed by atoms with Gasteiger partial charge in [-0.2, -0.15) is 0 Å². The Morgan fingerprint density at radius 3 is 2.77 bits per heavy atom. The maximum absolute atomic E-state index is 11.7. The van der Waals surface area contributed by atoms with E-state index in [2.05, 4.69) is 16.0 Å². The molecule has 0 fully saturated rings. The molecule has 0 spiro atoms. The molecular formula is C16H11N3OS2. The van der Waals surface area contributed by atoms with Crippen molar-refractivity contribution in [1.82, 2.24) is 9.97 Å². The Bertz CT molecular complexity index is 967. The zero-order valence-electron chi connectivity index (χ0n) is 11.4. The highest BCUT2D eigenvalue weighted by atomic mass is 32.1. The van der Waals surface area contributed by atoms with E-state index in [0.717, 1.165) is 32.0 Å². The lowest BCUT2D eigenvalue weighted by Crippen LogP contribution is -2.12. The van der Waals surface area contributed by atoms with Gasteiger partial charge in [-0.05, 0) is 17.5 Å². The fourth-order valence-corrected chi connectivity index (χ4v) is 4.05. The second kappa shape index (κ2) is 5.08. The van der Waals surface area contributed by atoms with Crippen molar-refractivity contribution in [3.05, 3.63) is 52.9 Å². The number of hydrogen-bond acceptors (Lipinski definition) is 4. The summed E-state index contributed by atoms with van der Waals surface area (Å²) in [6.45, 7) is 0. The van der Waals surface area contributed by atoms with Crippen molar-refractivity contribution in [2.75, 3.05) is 0 Å². The number of nitrogens with zero attached hydrogens (tertiary/aromatic N) is 1. The summed E-state index contributed by atoms with van der Waals surface area (Å²) in [5.41, 5.74) is 11.5. The van der Waals surface area contributed by atoms with Crippen molar-refractivity contribution in [3.63, 3.8) is 0 Å². The van der Waals surface area contributed by atoms with Gasteiger partial charge in [0, 0.05) is 21.6 Å². The first-order chi connectivity index (χ1) is 10.8. The van der Waals surface area contributed by atoms with E-state index in [1.807, 2.05) is 35.2 Å². The van der Waals surface area contributed by atoms with Gasteiger partial charge in [0.2, 0.25) is 5.91 Å². The summed E-state index contributed by atoms with van der Waals surface area (Å²) in [5, 5.41) is 2.03. The molecule has 0 saturated carbocycles. The van der Waals surface area contributed by atoms with Gasteiger partial charge < -0.3 is 10.7 Å². The van der Waals surface area contributed by atoms with Crippen LogP contribution in [-0.2, 0) is 0 Å². The Balaban J connectivity index is 2.06. The van der Waals surface area contributed by atoms with Crippen molar-refractivity contribution in [2.24, 2.45) is 5.73 Å². The fourth-order valence-electron chi connectivity index (χ4n) is 2.59. The molecule has 3 N–H and O–H groups in total. The van der Waals surface area contributed by atoms with E-state index in [4.69, 9.17) is 5.73 Å². The third-order valence-electron chi connectivity index (χ3n) is 3.52. The molecule has 0 saturated heterocycles. The topological polar surface area (TPSA) is 71.8 Å². The standard InChI is InChI=1S/C16H11N3OS2/c17-15(20)10-5-2-1-4-9(10)13-12(11-6-3-7-21-11)14-16(19-13)22-8-18-14/h1-8,19H,(H2,17,20). The number of aromatic nitrogens is 2. The van der Waals surface area contributed by atoms with Crippen LogP contribution in [0.25, 0.3) is 32.0 Å². The first-order valence-corrected chi connectivity index (χ1v) is 8.40. The number of hydrogen-bond donors (Lipinski definition) is 2. The molecule has 0 aliphatic rings. The van der Waals surface area contributed by atoms with Gasteiger partial charge in [-0.3, -0.25) is 4.79 Å². The maximum Gasteiger partial charge on any atom is 0.249 e. The summed E-state index contributed by atoms with van der Waals surface area (Å²) < 4.78 is 0. The Hall–Kier alpha value is -2.44. The minimum absolute atomic E-state index is 0.432. The summed E-state index contributed by atoms with van der Waals surface area (Å²) in [5.74, 6) is -0.432. The number of carbonyl (C=O) groups is 1. The van der Waals surface area contributed by atoms with Gasteiger partial charge in [-0.15, -0.1) is 22.7 Å². The van der Waals surface area contributed by atoms with Crippen LogP contribution in [0.4, 0.5) is 0 Å². The predicted molar refractivity (Wildman–Crippen MR) is 91.2 cm³/mol. The lowest BCUT2D eigenvalue weighted by Gasteiger charge is -2.07. The normalized spacial score (nSPS) is 11.1. The molecule has 1 aromatic carbocycles. The van der Waals surface area contributed by atoms with Crippen molar-refractivity contribution in [1.29, 1.82) is 0 Å². The fraction of sp³-hybridized carbons (Fsp3) is 0. The molecule has 22 heavy (non-hydrogen) atoms. The summed E-state index contributed by atoms with van der Waals surface area (Å²) in [4.78, 5) is 21.7. The summed E-state index contributed by atoms with van der Waals surface area (Å²) in [6.07, 6.45) is 0. The smallest absolute Gasteiger partial charge is 0.249 e. The van der Waals surface area contributed by atoms with Crippen molar-refractivity contribution >= 4 is 38.9 Å². The first kappa shape index (κ1) is 13.2. The second-order valence-electron chi connectivity index (χ2n) is 4.79. The molecule has 4 rings (SSSR count). The van der Waals surface area contributed by atoms with Crippen molar-refractivity contribution < 1.29 is 4.79 Å². The van der Waals surface area contributed by atoms with E-state index in [9.17, 15) is 4.79 Å². The average molecular weight is 325 g/mol. The highest BCUT2D eigenvalue weighted by Gasteiger charge is 2.20. The number of rotatable bonds is 3. The van der Waals surface area contributed by atoms with Gasteiger partial charge in [-0.1, -0.05) is 24.3 Å². The van der Waals surface area contributed by atoms with E-state index < -0.39 is 5.91 Å². The van der Waals surface area contributed by atoms with E-state index >= 15 is 0 Å². The number of amides is 1. The van der Waals surface area contributed by atoms with Crippen LogP contribution in [0.15, 0.2) is 47.3 Å². The number of aromatic amines is 1. The minimum atomic E-state index is -0.432. The van der Waals surface area contributed by atoms with Crippen LogP contribution < -0.4 is 5.73 Å². The average Bonchev–Trinajstić information content (AvgIpc) is 3.23. The summed E-state index contributed by atoms with van der Waals surface area (Å²) >= 11 is 3.20. The number of primary amides is 1. The van der Waals surface area contributed by atoms with Gasteiger partial charge in [0.25, 0.3) is 0 Å². The summed E-state index contributed by atoms with van der Waals surface area (Å²) in [6, 6.07) is 11.4. The van der Waals surface area contributed by atoms with Crippen LogP contribution in [0.3, 0.4) is 0 Å². The van der Waals surface area contributed by atoms with Crippen LogP contribution in [0.2, 0.25) is 0 Å². The van der Waals surface area contributed by atoms with Crippen molar-refractivity contribution in [3.8, 4) is 21.7 Å². The third-order valence-corrected chi connectivity index (χ3v) is 5.15. The molecule has 1 amide bonds. The van der Waals surface area contributed by atoms with E-state index in [1.165, 1.54) is 0 Å². The highest BCUT2D eigenvalue weighted by molar-refractivity contribution is 7.17. The molecule has 3 heterocycles. The molecule has 3 aromatic heterocycles. The zero-order valence-corrected chi connectivity index (χ0v) is 13.0. The van der Waals surface area contributed by atoms with E-state index in [1.54, 1.807) is 28.7 Å². The molecule has 4 aromatic rings. The number of nitrogens with one attached hydrogen (secondary N) is 1. The molecule has 0 radical (unpaired) electrons. The van der Waals surface area contributed by atoms with Crippen molar-refractivity contribution in [2.45, 2.75) is 0 Å². The van der Waals surface area contributed by atoms with Gasteiger partial charge in [-0.25, -0.2) is 4.98 Å². The minimum Gasteiger partial charge on any atom is -0.366 e. The number of carbonyl (C=O) groups excluding carboxylic acids is 1. The highest BCUT2D eigenvalue weighted by Crippen LogP contribution is 2.41. The molecular weight excluding hydrogens is 314 g/mol. The molecule has 6 heteroatoms. The van der Waals surface area contributed by atoms with Crippen LogP contribution in [0, 0.1) is 0 Å². The lowest BCUT2D eigenvalue weighted by molar-refractivity contribution is 0.100. The Morgan fingerprint density at radius 1 is 1.14 bits per heavy atom. The van der Waals surface area contributed by atoms with E-state index in [0.29, 0.717) is 5.56 Å². The van der Waals surface area contributed by atoms with Crippen LogP contribution in [0.5, 0.6) is 0 Å². The number of H-pyrrole nitrogens is 1. The molecule has 108 valence electrons. The quantitative estimate of drug-likeness (QED) is 0.595. The molecule has 0 unspecified atom stereocenters. The predicted octanol–water partition coefficient (Wildman–Crippen LogP) is 4.12. The number of benzene rings is 1. The van der Waals surface area contributed by atoms with Gasteiger partial charge >= 0.3 is 0 Å². The molecule has 0 aliphatic heterocycles. The molecule has 0 bridgehead atoms.